The number of hydrogen-bond donors (Lipinski definition) is 3. The Morgan fingerprint density at radius 2 is 2.29 bits per heavy atom. The van der Waals surface area contributed by atoms with Crippen molar-refractivity contribution in [3.8, 4) is 17.2 Å². The van der Waals surface area contributed by atoms with Gasteiger partial charge in [0.25, 0.3) is 0 Å². The SMILES string of the molecule is COc1cc(O)c(O)c(C2CNCCO2)c1F. The predicted octanol–water partition coefficient (Wildman–Crippen LogP) is 0.906. The van der Waals surface area contributed by atoms with Gasteiger partial charge in [0.15, 0.2) is 23.1 Å². The predicted molar refractivity (Wildman–Crippen MR) is 57.8 cm³/mol. The van der Waals surface area contributed by atoms with Crippen LogP contribution in [0.1, 0.15) is 11.7 Å². The molecule has 3 N–H and O–H groups in total. The molecule has 0 aliphatic carbocycles. The van der Waals surface area contributed by atoms with Crippen LogP contribution >= 0.6 is 0 Å². The molecule has 2 rings (SSSR count). The standard InChI is InChI=1S/C11H14FNO4/c1-16-7-4-6(14)11(15)9(10(7)12)8-5-13-2-3-17-8/h4,8,13-15H,2-3,5H2,1H3. The lowest BCUT2D eigenvalue weighted by Gasteiger charge is -2.25. The molecule has 17 heavy (non-hydrogen) atoms. The van der Waals surface area contributed by atoms with Gasteiger partial charge in [0.05, 0.1) is 19.3 Å². The molecule has 1 atom stereocenters. The minimum absolute atomic E-state index is 0.0750. The Morgan fingerprint density at radius 3 is 2.88 bits per heavy atom. The van der Waals surface area contributed by atoms with Gasteiger partial charge >= 0.3 is 0 Å². The fraction of sp³-hybridized carbons (Fsp3) is 0.455. The Hall–Kier alpha value is -1.53. The molecular weight excluding hydrogens is 229 g/mol. The van der Waals surface area contributed by atoms with Crippen LogP contribution in [0.3, 0.4) is 0 Å². The molecule has 0 radical (unpaired) electrons. The fourth-order valence-corrected chi connectivity index (χ4v) is 1.82. The van der Waals surface area contributed by atoms with Crippen LogP contribution in [0.15, 0.2) is 6.07 Å². The number of phenols is 2. The Kier molecular flexibility index (Phi) is 3.35. The Labute approximate surface area is 97.8 Å². The quantitative estimate of drug-likeness (QED) is 0.673. The molecule has 0 amide bonds. The molecule has 6 heteroatoms. The molecule has 1 fully saturated rings. The Morgan fingerprint density at radius 1 is 1.53 bits per heavy atom. The van der Waals surface area contributed by atoms with Crippen molar-refractivity contribution in [2.45, 2.75) is 6.10 Å². The maximum Gasteiger partial charge on any atom is 0.174 e. The summed E-state index contributed by atoms with van der Waals surface area (Å²) in [6.07, 6.45) is -0.634. The van der Waals surface area contributed by atoms with Gasteiger partial charge in [-0.15, -0.1) is 0 Å². The zero-order valence-corrected chi connectivity index (χ0v) is 9.36. The number of benzene rings is 1. The zero-order chi connectivity index (χ0) is 12.4. The van der Waals surface area contributed by atoms with E-state index in [-0.39, 0.29) is 11.3 Å². The van der Waals surface area contributed by atoms with Crippen LogP contribution in [0.25, 0.3) is 0 Å². The number of halogens is 1. The van der Waals surface area contributed by atoms with Crippen molar-refractivity contribution in [2.24, 2.45) is 0 Å². The van der Waals surface area contributed by atoms with Crippen LogP contribution in [0.4, 0.5) is 4.39 Å². The van der Waals surface area contributed by atoms with E-state index in [1.54, 1.807) is 0 Å². The summed E-state index contributed by atoms with van der Waals surface area (Å²) in [4.78, 5) is 0. The molecule has 0 saturated carbocycles. The molecule has 0 bridgehead atoms. The summed E-state index contributed by atoms with van der Waals surface area (Å²) in [5.74, 6) is -1.76. The van der Waals surface area contributed by atoms with Crippen LogP contribution in [0.2, 0.25) is 0 Å². The second-order valence-electron chi connectivity index (χ2n) is 3.74. The number of ether oxygens (including phenoxy) is 2. The minimum Gasteiger partial charge on any atom is -0.504 e. The van der Waals surface area contributed by atoms with Gasteiger partial charge in [0.1, 0.15) is 6.10 Å². The molecular formula is C11H14FNO4. The molecule has 0 spiro atoms. The van der Waals surface area contributed by atoms with Gasteiger partial charge in [-0.1, -0.05) is 0 Å². The third-order valence-electron chi connectivity index (χ3n) is 2.69. The molecule has 0 aromatic heterocycles. The Bertz CT molecular complexity index is 418. The van der Waals surface area contributed by atoms with Crippen molar-refractivity contribution in [1.29, 1.82) is 0 Å². The van der Waals surface area contributed by atoms with Crippen LogP contribution in [0, 0.1) is 5.82 Å². The summed E-state index contributed by atoms with van der Waals surface area (Å²) in [6, 6.07) is 1.03. The van der Waals surface area contributed by atoms with Crippen molar-refractivity contribution in [2.75, 3.05) is 26.8 Å². The highest BCUT2D eigenvalue weighted by Gasteiger charge is 2.27. The largest absolute Gasteiger partial charge is 0.504 e. The summed E-state index contributed by atoms with van der Waals surface area (Å²) in [7, 11) is 1.29. The highest BCUT2D eigenvalue weighted by Crippen LogP contribution is 2.41. The van der Waals surface area contributed by atoms with Gasteiger partial charge in [-0.25, -0.2) is 4.39 Å². The lowest BCUT2D eigenvalue weighted by molar-refractivity contribution is 0.0235. The molecule has 1 heterocycles. The summed E-state index contributed by atoms with van der Waals surface area (Å²) in [5, 5.41) is 22.2. The van der Waals surface area contributed by atoms with E-state index >= 15 is 0 Å². The number of aromatic hydroxyl groups is 2. The summed E-state index contributed by atoms with van der Waals surface area (Å²) >= 11 is 0. The van der Waals surface area contributed by atoms with Crippen molar-refractivity contribution in [3.05, 3.63) is 17.4 Å². The van der Waals surface area contributed by atoms with E-state index in [1.165, 1.54) is 7.11 Å². The smallest absolute Gasteiger partial charge is 0.174 e. The molecule has 5 nitrogen and oxygen atoms in total. The molecule has 1 aromatic carbocycles. The van der Waals surface area contributed by atoms with Gasteiger partial charge in [0, 0.05) is 19.2 Å². The van der Waals surface area contributed by atoms with E-state index < -0.39 is 23.4 Å². The van der Waals surface area contributed by atoms with Crippen molar-refractivity contribution in [3.63, 3.8) is 0 Å². The van der Waals surface area contributed by atoms with Crippen LogP contribution in [0.5, 0.6) is 17.2 Å². The summed E-state index contributed by atoms with van der Waals surface area (Å²) in [6.45, 7) is 1.47. The van der Waals surface area contributed by atoms with E-state index in [4.69, 9.17) is 9.47 Å². The molecule has 1 aromatic rings. The number of hydrogen-bond acceptors (Lipinski definition) is 5. The molecule has 1 unspecified atom stereocenters. The number of morpholine rings is 1. The second-order valence-corrected chi connectivity index (χ2v) is 3.74. The highest BCUT2D eigenvalue weighted by atomic mass is 19.1. The maximum absolute atomic E-state index is 14.0. The zero-order valence-electron chi connectivity index (χ0n) is 9.36. The monoisotopic (exact) mass is 243 g/mol. The normalized spacial score (nSPS) is 20.2. The third kappa shape index (κ3) is 2.13. The van der Waals surface area contributed by atoms with Crippen LogP contribution in [-0.2, 0) is 4.74 Å². The average Bonchev–Trinajstić information content (AvgIpc) is 2.35. The average molecular weight is 243 g/mol. The van der Waals surface area contributed by atoms with Crippen molar-refractivity contribution < 1.29 is 24.1 Å². The van der Waals surface area contributed by atoms with E-state index in [0.29, 0.717) is 19.7 Å². The topological polar surface area (TPSA) is 71.0 Å². The first kappa shape index (κ1) is 11.9. The van der Waals surface area contributed by atoms with E-state index in [0.717, 1.165) is 6.07 Å². The molecule has 1 aliphatic heterocycles. The number of rotatable bonds is 2. The molecule has 1 saturated heterocycles. The highest BCUT2D eigenvalue weighted by molar-refractivity contribution is 5.52. The third-order valence-corrected chi connectivity index (χ3v) is 2.69. The van der Waals surface area contributed by atoms with Crippen LogP contribution in [-0.4, -0.2) is 37.0 Å². The van der Waals surface area contributed by atoms with Gasteiger partial charge in [-0.2, -0.15) is 0 Å². The van der Waals surface area contributed by atoms with Crippen molar-refractivity contribution in [1.82, 2.24) is 5.32 Å². The van der Waals surface area contributed by atoms with E-state index in [1.807, 2.05) is 0 Å². The number of methoxy groups -OCH3 is 1. The second kappa shape index (κ2) is 4.77. The van der Waals surface area contributed by atoms with Gasteiger partial charge in [0.2, 0.25) is 0 Å². The lowest BCUT2D eigenvalue weighted by atomic mass is 10.0. The molecule has 94 valence electrons. The summed E-state index contributed by atoms with van der Waals surface area (Å²) < 4.78 is 24.1. The van der Waals surface area contributed by atoms with Gasteiger partial charge in [-0.05, 0) is 0 Å². The van der Waals surface area contributed by atoms with Gasteiger partial charge in [-0.3, -0.25) is 0 Å². The Balaban J connectivity index is 2.46. The maximum atomic E-state index is 14.0. The number of phenolic OH excluding ortho intramolecular Hbond substituents is 2. The molecule has 1 aliphatic rings. The first-order chi connectivity index (χ1) is 8.15. The first-order valence-electron chi connectivity index (χ1n) is 5.25. The van der Waals surface area contributed by atoms with Gasteiger partial charge < -0.3 is 25.0 Å². The first-order valence-corrected chi connectivity index (χ1v) is 5.25. The van der Waals surface area contributed by atoms with Crippen LogP contribution < -0.4 is 10.1 Å². The summed E-state index contributed by atoms with van der Waals surface area (Å²) in [5.41, 5.74) is -0.0750. The number of nitrogens with one attached hydrogen (secondary N) is 1. The lowest BCUT2D eigenvalue weighted by Crippen LogP contribution is -2.33. The van der Waals surface area contributed by atoms with E-state index in [9.17, 15) is 14.6 Å². The fourth-order valence-electron chi connectivity index (χ4n) is 1.82. The van der Waals surface area contributed by atoms with E-state index in [2.05, 4.69) is 5.32 Å². The van der Waals surface area contributed by atoms with Crippen molar-refractivity contribution >= 4 is 0 Å². The minimum atomic E-state index is -0.712.